The number of hydrogen-bond donors (Lipinski definition) is 2. The Morgan fingerprint density at radius 2 is 2.00 bits per heavy atom. The van der Waals surface area contributed by atoms with Crippen molar-refractivity contribution in [3.63, 3.8) is 0 Å². The fraction of sp³-hybridized carbons (Fsp3) is 0.611. The lowest BCUT2D eigenvalue weighted by molar-refractivity contribution is -0.137. The van der Waals surface area contributed by atoms with Crippen LogP contribution in [0, 0.1) is 0 Å². The van der Waals surface area contributed by atoms with E-state index in [0.717, 1.165) is 18.4 Å². The number of hydrogen-bond acceptors (Lipinski definition) is 3. The molecule has 0 spiro atoms. The average Bonchev–Trinajstić information content (AvgIpc) is 3.04. The highest BCUT2D eigenvalue weighted by molar-refractivity contribution is 5.80. The van der Waals surface area contributed by atoms with Crippen molar-refractivity contribution < 1.29 is 14.6 Å². The highest BCUT2D eigenvalue weighted by atomic mass is 16.5. The second-order valence-corrected chi connectivity index (χ2v) is 6.03. The Kier molecular flexibility index (Phi) is 6.87. The molecule has 122 valence electrons. The van der Waals surface area contributed by atoms with Crippen LogP contribution in [0.5, 0.6) is 0 Å². The summed E-state index contributed by atoms with van der Waals surface area (Å²) in [5.41, 5.74) is 1.07. The average molecular weight is 305 g/mol. The van der Waals surface area contributed by atoms with Crippen LogP contribution >= 0.6 is 0 Å². The molecule has 22 heavy (non-hydrogen) atoms. The molecule has 0 aliphatic heterocycles. The van der Waals surface area contributed by atoms with Gasteiger partial charge in [0, 0.05) is 13.0 Å². The minimum Gasteiger partial charge on any atom is -0.391 e. The van der Waals surface area contributed by atoms with Gasteiger partial charge in [-0.3, -0.25) is 4.79 Å². The molecule has 0 saturated heterocycles. The molecule has 1 aliphatic carbocycles. The molecule has 4 nitrogen and oxygen atoms in total. The molecule has 0 aromatic heterocycles. The summed E-state index contributed by atoms with van der Waals surface area (Å²) in [4.78, 5) is 12.2. The molecule has 0 heterocycles. The second-order valence-electron chi connectivity index (χ2n) is 6.03. The first-order chi connectivity index (χ1) is 10.7. The van der Waals surface area contributed by atoms with Gasteiger partial charge in [-0.2, -0.15) is 0 Å². The zero-order valence-corrected chi connectivity index (χ0v) is 13.3. The van der Waals surface area contributed by atoms with Gasteiger partial charge < -0.3 is 15.2 Å². The predicted molar refractivity (Wildman–Crippen MR) is 86.6 cm³/mol. The first kappa shape index (κ1) is 17.0. The van der Waals surface area contributed by atoms with Gasteiger partial charge in [-0.25, -0.2) is 0 Å². The van der Waals surface area contributed by atoms with Gasteiger partial charge in [0.2, 0.25) is 5.91 Å². The van der Waals surface area contributed by atoms with Crippen LogP contribution in [-0.4, -0.2) is 35.9 Å². The standard InChI is InChI=1S/C18H27NO3/c1-2-17(22-16-10-6-7-11-16)18(21)19-13-15(20)12-14-8-4-3-5-9-14/h3-5,8-9,15-17,20H,2,6-7,10-13H2,1H3,(H,19,21)/t15-,17-/m0/s1. The SMILES string of the molecule is CC[C@H](OC1CCCC1)C(=O)NC[C@@H](O)Cc1ccccc1. The normalized spacial score (nSPS) is 18.1. The molecule has 1 aromatic rings. The lowest BCUT2D eigenvalue weighted by Gasteiger charge is -2.21. The summed E-state index contributed by atoms with van der Waals surface area (Å²) in [7, 11) is 0. The van der Waals surface area contributed by atoms with Gasteiger partial charge in [-0.05, 0) is 24.8 Å². The van der Waals surface area contributed by atoms with Crippen molar-refractivity contribution >= 4 is 5.91 Å². The Hall–Kier alpha value is -1.39. The molecule has 1 aromatic carbocycles. The van der Waals surface area contributed by atoms with Crippen LogP contribution in [0.1, 0.15) is 44.6 Å². The van der Waals surface area contributed by atoms with E-state index in [1.807, 2.05) is 37.3 Å². The van der Waals surface area contributed by atoms with Crippen molar-refractivity contribution in [3.05, 3.63) is 35.9 Å². The molecule has 1 fully saturated rings. The van der Waals surface area contributed by atoms with E-state index in [-0.39, 0.29) is 18.6 Å². The molecular weight excluding hydrogens is 278 g/mol. The third kappa shape index (κ3) is 5.43. The van der Waals surface area contributed by atoms with E-state index < -0.39 is 12.2 Å². The number of aliphatic hydroxyl groups is 1. The van der Waals surface area contributed by atoms with E-state index in [1.54, 1.807) is 0 Å². The van der Waals surface area contributed by atoms with Gasteiger partial charge in [0.25, 0.3) is 0 Å². The number of carbonyl (C=O) groups excluding carboxylic acids is 1. The van der Waals surface area contributed by atoms with Crippen LogP contribution < -0.4 is 5.32 Å². The van der Waals surface area contributed by atoms with Gasteiger partial charge in [-0.15, -0.1) is 0 Å². The highest BCUT2D eigenvalue weighted by Crippen LogP contribution is 2.22. The molecule has 2 atom stereocenters. The monoisotopic (exact) mass is 305 g/mol. The van der Waals surface area contributed by atoms with Crippen LogP contribution in [0.25, 0.3) is 0 Å². The maximum Gasteiger partial charge on any atom is 0.249 e. The number of benzene rings is 1. The molecule has 4 heteroatoms. The summed E-state index contributed by atoms with van der Waals surface area (Å²) >= 11 is 0. The highest BCUT2D eigenvalue weighted by Gasteiger charge is 2.24. The van der Waals surface area contributed by atoms with Crippen molar-refractivity contribution in [2.45, 2.75) is 63.8 Å². The largest absolute Gasteiger partial charge is 0.391 e. The summed E-state index contributed by atoms with van der Waals surface area (Å²) in [5.74, 6) is -0.110. The fourth-order valence-corrected chi connectivity index (χ4v) is 2.89. The van der Waals surface area contributed by atoms with E-state index in [1.165, 1.54) is 12.8 Å². The van der Waals surface area contributed by atoms with E-state index >= 15 is 0 Å². The van der Waals surface area contributed by atoms with Gasteiger partial charge in [0.15, 0.2) is 0 Å². The van der Waals surface area contributed by atoms with Crippen molar-refractivity contribution in [2.24, 2.45) is 0 Å². The third-order valence-corrected chi connectivity index (χ3v) is 4.15. The van der Waals surface area contributed by atoms with Crippen LogP contribution in [0.3, 0.4) is 0 Å². The Labute approximate surface area is 132 Å². The molecular formula is C18H27NO3. The van der Waals surface area contributed by atoms with Crippen molar-refractivity contribution in [3.8, 4) is 0 Å². The van der Waals surface area contributed by atoms with Crippen molar-refractivity contribution in [1.82, 2.24) is 5.32 Å². The van der Waals surface area contributed by atoms with Crippen LogP contribution in [0.15, 0.2) is 30.3 Å². The van der Waals surface area contributed by atoms with Crippen molar-refractivity contribution in [1.29, 1.82) is 0 Å². The maximum absolute atomic E-state index is 12.2. The minimum atomic E-state index is -0.574. The smallest absolute Gasteiger partial charge is 0.249 e. The summed E-state index contributed by atoms with van der Waals surface area (Å²) < 4.78 is 5.88. The lowest BCUT2D eigenvalue weighted by atomic mass is 10.1. The molecule has 1 saturated carbocycles. The number of nitrogens with one attached hydrogen (secondary N) is 1. The summed E-state index contributed by atoms with van der Waals surface area (Å²) in [6.07, 6.45) is 4.96. The van der Waals surface area contributed by atoms with Crippen LogP contribution in [0.4, 0.5) is 0 Å². The third-order valence-electron chi connectivity index (χ3n) is 4.15. The zero-order valence-electron chi connectivity index (χ0n) is 13.3. The Balaban J connectivity index is 1.72. The second kappa shape index (κ2) is 8.91. The van der Waals surface area contributed by atoms with Gasteiger partial charge in [0.1, 0.15) is 6.10 Å². The van der Waals surface area contributed by atoms with Crippen LogP contribution in [0.2, 0.25) is 0 Å². The predicted octanol–water partition coefficient (Wildman–Crippen LogP) is 2.44. The number of amides is 1. The number of carbonyl (C=O) groups is 1. The summed E-state index contributed by atoms with van der Waals surface area (Å²) in [5, 5.41) is 12.8. The van der Waals surface area contributed by atoms with Gasteiger partial charge >= 0.3 is 0 Å². The van der Waals surface area contributed by atoms with E-state index in [2.05, 4.69) is 5.32 Å². The van der Waals surface area contributed by atoms with E-state index in [4.69, 9.17) is 4.74 Å². The van der Waals surface area contributed by atoms with E-state index in [9.17, 15) is 9.90 Å². The molecule has 2 rings (SSSR count). The summed E-state index contributed by atoms with van der Waals surface area (Å²) in [6, 6.07) is 9.79. The fourth-order valence-electron chi connectivity index (χ4n) is 2.89. The number of ether oxygens (including phenoxy) is 1. The van der Waals surface area contributed by atoms with Gasteiger partial charge in [-0.1, -0.05) is 50.1 Å². The van der Waals surface area contributed by atoms with Crippen LogP contribution in [-0.2, 0) is 16.0 Å². The number of rotatable bonds is 8. The Bertz CT molecular complexity index is 443. The Morgan fingerprint density at radius 1 is 1.32 bits per heavy atom. The van der Waals surface area contributed by atoms with Crippen molar-refractivity contribution in [2.75, 3.05) is 6.54 Å². The first-order valence-electron chi connectivity index (χ1n) is 8.34. The number of aliphatic hydroxyl groups excluding tert-OH is 1. The minimum absolute atomic E-state index is 0.110. The molecule has 0 bridgehead atoms. The molecule has 1 amide bonds. The quantitative estimate of drug-likeness (QED) is 0.775. The Morgan fingerprint density at radius 3 is 2.64 bits per heavy atom. The lowest BCUT2D eigenvalue weighted by Crippen LogP contribution is -2.41. The maximum atomic E-state index is 12.2. The van der Waals surface area contributed by atoms with Gasteiger partial charge in [0.05, 0.1) is 12.2 Å². The summed E-state index contributed by atoms with van der Waals surface area (Å²) in [6.45, 7) is 2.22. The molecule has 1 aliphatic rings. The molecule has 0 unspecified atom stereocenters. The first-order valence-corrected chi connectivity index (χ1v) is 8.34. The van der Waals surface area contributed by atoms with E-state index in [0.29, 0.717) is 12.8 Å². The molecule has 2 N–H and O–H groups in total. The topological polar surface area (TPSA) is 58.6 Å². The zero-order chi connectivity index (χ0) is 15.8. The molecule has 0 radical (unpaired) electrons.